The molecule has 0 spiro atoms. The van der Waals surface area contributed by atoms with Crippen LogP contribution in [0.5, 0.6) is 5.75 Å². The van der Waals surface area contributed by atoms with Crippen molar-refractivity contribution in [2.24, 2.45) is 5.73 Å². The molecule has 138 valence electrons. The summed E-state index contributed by atoms with van der Waals surface area (Å²) < 4.78 is 5.15. The first-order valence-electron chi connectivity index (χ1n) is 8.13. The molecule has 3 N–H and O–H groups in total. The van der Waals surface area contributed by atoms with E-state index in [1.807, 2.05) is 59.7 Å². The Labute approximate surface area is 157 Å². The molecule has 0 saturated carbocycles. The number of benzene rings is 2. The molecular weight excluding hydrogens is 350 g/mol. The number of nitrogens with two attached hydrogens (primary N) is 1. The monoisotopic (exact) mass is 373 g/mol. The number of carbonyl (C=O) groups excluding carboxylic acids is 2. The topological polar surface area (TPSA) is 84.7 Å². The third kappa shape index (κ3) is 6.00. The number of primary amides is 1. The largest absolute Gasteiger partial charge is 0.497 e. The predicted molar refractivity (Wildman–Crippen MR) is 106 cm³/mol. The average Bonchev–Trinajstić information content (AvgIpc) is 2.65. The average molecular weight is 373 g/mol. The highest BCUT2D eigenvalue weighted by Gasteiger charge is 2.13. The SMILES string of the molecule is COc1ccc(N(CCC(N)=O)CC(=O)Nc2ccc(SC)cc2)cc1. The van der Waals surface area contributed by atoms with Crippen LogP contribution in [0.3, 0.4) is 0 Å². The molecular formula is C19H23N3O3S. The zero-order valence-electron chi connectivity index (χ0n) is 14.9. The van der Waals surface area contributed by atoms with Crippen LogP contribution in [-0.2, 0) is 9.59 Å². The fourth-order valence-corrected chi connectivity index (χ4v) is 2.79. The summed E-state index contributed by atoms with van der Waals surface area (Å²) in [5.74, 6) is 0.153. The Bertz CT molecular complexity index is 733. The van der Waals surface area contributed by atoms with E-state index in [4.69, 9.17) is 10.5 Å². The third-order valence-corrected chi connectivity index (χ3v) is 4.52. The number of hydrogen-bond acceptors (Lipinski definition) is 5. The van der Waals surface area contributed by atoms with Gasteiger partial charge in [0.2, 0.25) is 11.8 Å². The molecule has 26 heavy (non-hydrogen) atoms. The number of nitrogens with one attached hydrogen (secondary N) is 1. The molecule has 0 aliphatic heterocycles. The van der Waals surface area contributed by atoms with E-state index in [1.54, 1.807) is 18.9 Å². The van der Waals surface area contributed by atoms with Gasteiger partial charge in [0.25, 0.3) is 0 Å². The molecule has 0 radical (unpaired) electrons. The Hall–Kier alpha value is -2.67. The Morgan fingerprint density at radius 2 is 1.77 bits per heavy atom. The summed E-state index contributed by atoms with van der Waals surface area (Å²) in [6.07, 6.45) is 2.17. The van der Waals surface area contributed by atoms with Gasteiger partial charge in [-0.1, -0.05) is 0 Å². The van der Waals surface area contributed by atoms with E-state index in [0.29, 0.717) is 6.54 Å². The van der Waals surface area contributed by atoms with Crippen molar-refractivity contribution < 1.29 is 14.3 Å². The highest BCUT2D eigenvalue weighted by Crippen LogP contribution is 2.20. The molecule has 0 aromatic heterocycles. The molecule has 2 amide bonds. The molecule has 0 unspecified atom stereocenters. The van der Waals surface area contributed by atoms with Crippen LogP contribution in [0.2, 0.25) is 0 Å². The standard InChI is InChI=1S/C19H23N3O3S/c1-25-16-7-5-15(6-8-16)22(12-11-18(20)23)13-19(24)21-14-3-9-17(26-2)10-4-14/h3-10H,11-13H2,1-2H3,(H2,20,23)(H,21,24). The lowest BCUT2D eigenvalue weighted by atomic mass is 10.2. The molecule has 0 fully saturated rings. The maximum Gasteiger partial charge on any atom is 0.243 e. The molecule has 2 aromatic carbocycles. The fourth-order valence-electron chi connectivity index (χ4n) is 2.39. The fraction of sp³-hybridized carbons (Fsp3) is 0.263. The van der Waals surface area contributed by atoms with Crippen molar-refractivity contribution in [2.45, 2.75) is 11.3 Å². The Kier molecular flexibility index (Phi) is 7.35. The molecule has 2 rings (SSSR count). The maximum atomic E-state index is 12.4. The molecule has 0 saturated heterocycles. The van der Waals surface area contributed by atoms with Crippen molar-refractivity contribution in [1.82, 2.24) is 0 Å². The van der Waals surface area contributed by atoms with Gasteiger partial charge in [0.05, 0.1) is 13.7 Å². The second-order valence-corrected chi connectivity index (χ2v) is 6.49. The molecule has 2 aromatic rings. The van der Waals surface area contributed by atoms with E-state index in [-0.39, 0.29) is 18.9 Å². The van der Waals surface area contributed by atoms with Gasteiger partial charge < -0.3 is 20.7 Å². The molecule has 0 atom stereocenters. The van der Waals surface area contributed by atoms with Crippen molar-refractivity contribution in [2.75, 3.05) is 36.7 Å². The maximum absolute atomic E-state index is 12.4. The first-order valence-corrected chi connectivity index (χ1v) is 9.35. The summed E-state index contributed by atoms with van der Waals surface area (Å²) in [5, 5.41) is 2.87. The first kappa shape index (κ1) is 19.7. The van der Waals surface area contributed by atoms with Crippen LogP contribution in [0.15, 0.2) is 53.4 Å². The van der Waals surface area contributed by atoms with Gasteiger partial charge in [-0.3, -0.25) is 9.59 Å². The van der Waals surface area contributed by atoms with Gasteiger partial charge in [0.15, 0.2) is 0 Å². The van der Waals surface area contributed by atoms with Crippen LogP contribution in [0.25, 0.3) is 0 Å². The lowest BCUT2D eigenvalue weighted by Gasteiger charge is -2.24. The third-order valence-electron chi connectivity index (χ3n) is 3.77. The Morgan fingerprint density at radius 1 is 1.12 bits per heavy atom. The summed E-state index contributed by atoms with van der Waals surface area (Å²) in [4.78, 5) is 26.5. The van der Waals surface area contributed by atoms with Crippen LogP contribution in [0.4, 0.5) is 11.4 Å². The van der Waals surface area contributed by atoms with Crippen molar-refractivity contribution in [3.8, 4) is 5.75 Å². The number of thioether (sulfide) groups is 1. The number of nitrogens with zero attached hydrogens (tertiary/aromatic N) is 1. The summed E-state index contributed by atoms with van der Waals surface area (Å²) >= 11 is 1.64. The molecule has 7 heteroatoms. The van der Waals surface area contributed by atoms with Crippen LogP contribution >= 0.6 is 11.8 Å². The summed E-state index contributed by atoms with van der Waals surface area (Å²) in [5.41, 5.74) is 6.81. The number of amides is 2. The second kappa shape index (κ2) is 9.72. The lowest BCUT2D eigenvalue weighted by Crippen LogP contribution is -2.35. The van der Waals surface area contributed by atoms with Crippen molar-refractivity contribution in [3.63, 3.8) is 0 Å². The van der Waals surface area contributed by atoms with Gasteiger partial charge in [-0.2, -0.15) is 0 Å². The van der Waals surface area contributed by atoms with Gasteiger partial charge in [-0.25, -0.2) is 0 Å². The van der Waals surface area contributed by atoms with Crippen LogP contribution in [-0.4, -0.2) is 38.3 Å². The van der Waals surface area contributed by atoms with E-state index < -0.39 is 5.91 Å². The minimum absolute atomic E-state index is 0.115. The van der Waals surface area contributed by atoms with Crippen LogP contribution in [0.1, 0.15) is 6.42 Å². The number of anilines is 2. The summed E-state index contributed by atoms with van der Waals surface area (Å²) in [6, 6.07) is 15.0. The van der Waals surface area contributed by atoms with Crippen molar-refractivity contribution >= 4 is 35.0 Å². The highest BCUT2D eigenvalue weighted by atomic mass is 32.2. The number of hydrogen-bond donors (Lipinski definition) is 2. The summed E-state index contributed by atoms with van der Waals surface area (Å²) in [7, 11) is 1.59. The highest BCUT2D eigenvalue weighted by molar-refractivity contribution is 7.98. The normalized spacial score (nSPS) is 10.2. The molecule has 0 bridgehead atoms. The Morgan fingerprint density at radius 3 is 2.31 bits per heavy atom. The van der Waals surface area contributed by atoms with E-state index in [2.05, 4.69) is 5.32 Å². The molecule has 0 heterocycles. The van der Waals surface area contributed by atoms with E-state index >= 15 is 0 Å². The zero-order chi connectivity index (χ0) is 18.9. The smallest absolute Gasteiger partial charge is 0.243 e. The lowest BCUT2D eigenvalue weighted by molar-refractivity contribution is -0.118. The minimum atomic E-state index is -0.406. The quantitative estimate of drug-likeness (QED) is 0.660. The molecule has 0 aliphatic carbocycles. The van der Waals surface area contributed by atoms with Gasteiger partial charge >= 0.3 is 0 Å². The summed E-state index contributed by atoms with van der Waals surface area (Å²) in [6.45, 7) is 0.477. The van der Waals surface area contributed by atoms with Gasteiger partial charge in [0.1, 0.15) is 5.75 Å². The molecule has 6 nitrogen and oxygen atoms in total. The van der Waals surface area contributed by atoms with Gasteiger partial charge in [0, 0.05) is 29.2 Å². The van der Waals surface area contributed by atoms with Crippen molar-refractivity contribution in [1.29, 1.82) is 0 Å². The Balaban J connectivity index is 2.05. The van der Waals surface area contributed by atoms with Crippen LogP contribution in [0, 0.1) is 0 Å². The van der Waals surface area contributed by atoms with Crippen molar-refractivity contribution in [3.05, 3.63) is 48.5 Å². The second-order valence-electron chi connectivity index (χ2n) is 5.61. The van der Waals surface area contributed by atoms with E-state index in [9.17, 15) is 9.59 Å². The van der Waals surface area contributed by atoms with E-state index in [0.717, 1.165) is 22.0 Å². The first-order chi connectivity index (χ1) is 12.5. The van der Waals surface area contributed by atoms with E-state index in [1.165, 1.54) is 0 Å². The zero-order valence-corrected chi connectivity index (χ0v) is 15.7. The number of ether oxygens (including phenoxy) is 1. The van der Waals surface area contributed by atoms with Crippen LogP contribution < -0.4 is 20.7 Å². The molecule has 0 aliphatic rings. The number of carbonyl (C=O) groups is 2. The number of methoxy groups -OCH3 is 1. The predicted octanol–water partition coefficient (Wildman–Crippen LogP) is 2.74. The van der Waals surface area contributed by atoms with Gasteiger partial charge in [-0.05, 0) is 54.8 Å². The minimum Gasteiger partial charge on any atom is -0.497 e. The number of rotatable bonds is 9. The van der Waals surface area contributed by atoms with Gasteiger partial charge in [-0.15, -0.1) is 11.8 Å².